The number of hydrogen-bond donors (Lipinski definition) is 0. The number of aliphatic imine (C=N–C) groups is 1. The predicted molar refractivity (Wildman–Crippen MR) is 73.9 cm³/mol. The van der Waals surface area contributed by atoms with Crippen molar-refractivity contribution in [3.63, 3.8) is 0 Å². The third-order valence-electron chi connectivity index (χ3n) is 2.79. The maximum atomic E-state index is 5.36. The molecule has 1 aliphatic rings. The van der Waals surface area contributed by atoms with Gasteiger partial charge in [0.25, 0.3) is 0 Å². The van der Waals surface area contributed by atoms with E-state index >= 15 is 0 Å². The predicted octanol–water partition coefficient (Wildman–Crippen LogP) is 3.22. The Morgan fingerprint density at radius 2 is 2.06 bits per heavy atom. The van der Waals surface area contributed by atoms with Gasteiger partial charge < -0.3 is 9.64 Å². The summed E-state index contributed by atoms with van der Waals surface area (Å²) < 4.78 is 6.40. The number of rotatable bonds is 2. The van der Waals surface area contributed by atoms with Crippen LogP contribution in [0.5, 0.6) is 0 Å². The fourth-order valence-corrected chi connectivity index (χ4v) is 2.25. The highest BCUT2D eigenvalue weighted by Gasteiger charge is 2.13. The molecule has 1 aliphatic heterocycles. The first kappa shape index (κ1) is 12.6. The first-order valence-electron chi connectivity index (χ1n) is 5.96. The van der Waals surface area contributed by atoms with Gasteiger partial charge >= 0.3 is 0 Å². The molecule has 17 heavy (non-hydrogen) atoms. The van der Waals surface area contributed by atoms with Crippen molar-refractivity contribution in [3.8, 4) is 0 Å². The van der Waals surface area contributed by atoms with E-state index in [0.29, 0.717) is 0 Å². The van der Waals surface area contributed by atoms with Gasteiger partial charge in [-0.1, -0.05) is 19.1 Å². The Labute approximate surface area is 111 Å². The van der Waals surface area contributed by atoms with E-state index in [2.05, 4.69) is 27.8 Å². The molecule has 0 aliphatic carbocycles. The molecule has 0 aromatic heterocycles. The highest BCUT2D eigenvalue weighted by Crippen LogP contribution is 2.25. The second-order valence-electron chi connectivity index (χ2n) is 3.93. The molecule has 0 saturated carbocycles. The van der Waals surface area contributed by atoms with Crippen molar-refractivity contribution in [1.29, 1.82) is 0 Å². The molecule has 0 atom stereocenters. The first-order valence-corrected chi connectivity index (χ1v) is 6.75. The molecule has 0 radical (unpaired) electrons. The molecule has 3 nitrogen and oxygen atoms in total. The fourth-order valence-electron chi connectivity index (χ4n) is 1.88. The smallest absolute Gasteiger partial charge is 0.105 e. The molecule has 1 aromatic rings. The third kappa shape index (κ3) is 3.30. The maximum Gasteiger partial charge on any atom is 0.105 e. The van der Waals surface area contributed by atoms with E-state index in [0.717, 1.165) is 48.7 Å². The van der Waals surface area contributed by atoms with Crippen molar-refractivity contribution in [2.45, 2.75) is 13.3 Å². The number of amidine groups is 1. The zero-order valence-corrected chi connectivity index (χ0v) is 11.6. The van der Waals surface area contributed by atoms with Gasteiger partial charge in [-0.15, -0.1) is 0 Å². The maximum absolute atomic E-state index is 5.36. The number of halogens is 1. The number of nitrogens with zero attached hydrogens (tertiary/aromatic N) is 2. The minimum atomic E-state index is 0.801. The zero-order valence-electron chi connectivity index (χ0n) is 10.0. The van der Waals surface area contributed by atoms with Crippen LogP contribution in [0.2, 0.25) is 0 Å². The highest BCUT2D eigenvalue weighted by atomic mass is 79.9. The molecule has 0 amide bonds. The van der Waals surface area contributed by atoms with Crippen LogP contribution in [0.1, 0.15) is 13.3 Å². The van der Waals surface area contributed by atoms with Crippen LogP contribution in [-0.2, 0) is 4.74 Å². The van der Waals surface area contributed by atoms with Crippen molar-refractivity contribution >= 4 is 27.5 Å². The van der Waals surface area contributed by atoms with Gasteiger partial charge in [0.15, 0.2) is 0 Å². The molecule has 0 bridgehead atoms. The van der Waals surface area contributed by atoms with Crippen molar-refractivity contribution in [1.82, 2.24) is 4.90 Å². The summed E-state index contributed by atoms with van der Waals surface area (Å²) in [6.45, 7) is 5.63. The number of ether oxygens (including phenoxy) is 1. The first-order chi connectivity index (χ1) is 8.31. The normalized spacial score (nSPS) is 17.3. The summed E-state index contributed by atoms with van der Waals surface area (Å²) >= 11 is 3.53. The number of morpholine rings is 1. The Bertz CT molecular complexity index is 400. The molecule has 4 heteroatoms. The van der Waals surface area contributed by atoms with Crippen LogP contribution in [-0.4, -0.2) is 37.0 Å². The SMILES string of the molecule is CCC(=Nc1ccccc1Br)N1CCOCC1. The zero-order chi connectivity index (χ0) is 12.1. The van der Waals surface area contributed by atoms with E-state index in [1.54, 1.807) is 0 Å². The lowest BCUT2D eigenvalue weighted by Gasteiger charge is -2.29. The number of benzene rings is 1. The van der Waals surface area contributed by atoms with E-state index in [-0.39, 0.29) is 0 Å². The van der Waals surface area contributed by atoms with Crippen LogP contribution in [0.4, 0.5) is 5.69 Å². The summed E-state index contributed by atoms with van der Waals surface area (Å²) in [5.41, 5.74) is 0.996. The van der Waals surface area contributed by atoms with Gasteiger partial charge in [-0.3, -0.25) is 0 Å². The largest absolute Gasteiger partial charge is 0.378 e. The topological polar surface area (TPSA) is 24.8 Å². The standard InChI is InChI=1S/C13H17BrN2O/c1-2-13(16-7-9-17-10-8-16)15-12-6-4-3-5-11(12)14/h3-6H,2,7-10H2,1H3. The molecule has 92 valence electrons. The lowest BCUT2D eigenvalue weighted by atomic mass is 10.3. The lowest BCUT2D eigenvalue weighted by Crippen LogP contribution is -2.40. The van der Waals surface area contributed by atoms with Gasteiger partial charge in [0.05, 0.1) is 18.9 Å². The van der Waals surface area contributed by atoms with E-state index in [9.17, 15) is 0 Å². The second-order valence-corrected chi connectivity index (χ2v) is 4.79. The highest BCUT2D eigenvalue weighted by molar-refractivity contribution is 9.10. The molecular formula is C13H17BrN2O. The molecule has 1 saturated heterocycles. The van der Waals surface area contributed by atoms with Gasteiger partial charge in [-0.05, 0) is 28.1 Å². The van der Waals surface area contributed by atoms with Crippen LogP contribution in [0, 0.1) is 0 Å². The van der Waals surface area contributed by atoms with Crippen molar-refractivity contribution in [3.05, 3.63) is 28.7 Å². The minimum absolute atomic E-state index is 0.801. The summed E-state index contributed by atoms with van der Waals surface area (Å²) in [5, 5.41) is 0. The molecular weight excluding hydrogens is 280 g/mol. The Morgan fingerprint density at radius 1 is 1.35 bits per heavy atom. The Kier molecular flexibility index (Phi) is 4.57. The molecule has 0 spiro atoms. The second kappa shape index (κ2) is 6.17. The summed E-state index contributed by atoms with van der Waals surface area (Å²) in [5.74, 6) is 1.14. The van der Waals surface area contributed by atoms with Crippen LogP contribution in [0.25, 0.3) is 0 Å². The summed E-state index contributed by atoms with van der Waals surface area (Å²) in [7, 11) is 0. The molecule has 1 heterocycles. The Morgan fingerprint density at radius 3 is 2.71 bits per heavy atom. The Balaban J connectivity index is 2.19. The molecule has 0 unspecified atom stereocenters. The summed E-state index contributed by atoms with van der Waals surface area (Å²) in [6, 6.07) is 8.06. The number of para-hydroxylation sites is 1. The molecule has 1 fully saturated rings. The van der Waals surface area contributed by atoms with Gasteiger partial charge in [-0.25, -0.2) is 4.99 Å². The van der Waals surface area contributed by atoms with E-state index < -0.39 is 0 Å². The molecule has 0 N–H and O–H groups in total. The van der Waals surface area contributed by atoms with Crippen molar-refractivity contribution < 1.29 is 4.74 Å². The fraction of sp³-hybridized carbons (Fsp3) is 0.462. The van der Waals surface area contributed by atoms with Gasteiger partial charge in [0, 0.05) is 24.0 Å². The van der Waals surface area contributed by atoms with Crippen molar-refractivity contribution in [2.24, 2.45) is 4.99 Å². The van der Waals surface area contributed by atoms with Gasteiger partial charge in [0.2, 0.25) is 0 Å². The lowest BCUT2D eigenvalue weighted by molar-refractivity contribution is 0.0673. The van der Waals surface area contributed by atoms with Gasteiger partial charge in [0.1, 0.15) is 5.84 Å². The third-order valence-corrected chi connectivity index (χ3v) is 3.46. The monoisotopic (exact) mass is 296 g/mol. The van der Waals surface area contributed by atoms with E-state index in [1.165, 1.54) is 0 Å². The van der Waals surface area contributed by atoms with E-state index in [1.807, 2.05) is 24.3 Å². The van der Waals surface area contributed by atoms with Crippen molar-refractivity contribution in [2.75, 3.05) is 26.3 Å². The summed E-state index contributed by atoms with van der Waals surface area (Å²) in [4.78, 5) is 7.05. The average molecular weight is 297 g/mol. The van der Waals surface area contributed by atoms with Gasteiger partial charge in [-0.2, -0.15) is 0 Å². The molecule has 1 aromatic carbocycles. The van der Waals surface area contributed by atoms with Crippen LogP contribution in [0.3, 0.4) is 0 Å². The van der Waals surface area contributed by atoms with E-state index in [4.69, 9.17) is 9.73 Å². The molecule has 2 rings (SSSR count). The van der Waals surface area contributed by atoms with Crippen LogP contribution >= 0.6 is 15.9 Å². The Hall–Kier alpha value is -0.870. The summed E-state index contributed by atoms with van der Waals surface area (Å²) in [6.07, 6.45) is 0.946. The number of hydrogen-bond acceptors (Lipinski definition) is 2. The average Bonchev–Trinajstić information content (AvgIpc) is 2.39. The van der Waals surface area contributed by atoms with Crippen LogP contribution < -0.4 is 0 Å². The quantitative estimate of drug-likeness (QED) is 0.618. The minimum Gasteiger partial charge on any atom is -0.378 e. The van der Waals surface area contributed by atoms with Crippen LogP contribution in [0.15, 0.2) is 33.7 Å².